The minimum atomic E-state index is -1.43. The van der Waals surface area contributed by atoms with Crippen molar-refractivity contribution in [2.45, 2.75) is 13.8 Å². The van der Waals surface area contributed by atoms with E-state index in [1.165, 1.54) is 11.1 Å². The molecule has 0 fully saturated rings. The molecule has 2 aliphatic rings. The lowest BCUT2D eigenvalue weighted by molar-refractivity contribution is 0.425. The van der Waals surface area contributed by atoms with E-state index < -0.39 is 7.12 Å². The van der Waals surface area contributed by atoms with E-state index in [9.17, 15) is 10.0 Å². The van der Waals surface area contributed by atoms with E-state index in [-0.39, 0.29) is 5.41 Å². The molecule has 0 aliphatic heterocycles. The molecule has 90 valence electrons. The van der Waals surface area contributed by atoms with Crippen molar-refractivity contribution in [3.05, 3.63) is 52.4 Å². The Morgan fingerprint density at radius 1 is 1.17 bits per heavy atom. The van der Waals surface area contributed by atoms with Crippen LogP contribution in [-0.4, -0.2) is 17.2 Å². The summed E-state index contributed by atoms with van der Waals surface area (Å²) < 4.78 is 0. The lowest BCUT2D eigenvalue weighted by atomic mass is 9.72. The molecule has 0 amide bonds. The van der Waals surface area contributed by atoms with E-state index in [0.717, 1.165) is 10.4 Å². The number of fused-ring (bicyclic) bond motifs is 2. The van der Waals surface area contributed by atoms with Gasteiger partial charge in [0.15, 0.2) is 0 Å². The molecule has 1 aromatic carbocycles. The molecule has 1 aromatic rings. The van der Waals surface area contributed by atoms with E-state index in [4.69, 9.17) is 0 Å². The van der Waals surface area contributed by atoms with Crippen LogP contribution >= 0.6 is 0 Å². The van der Waals surface area contributed by atoms with Crippen LogP contribution in [0.2, 0.25) is 0 Å². The maximum Gasteiger partial charge on any atom is 0.489 e. The van der Waals surface area contributed by atoms with Crippen molar-refractivity contribution >= 4 is 24.2 Å². The van der Waals surface area contributed by atoms with Crippen molar-refractivity contribution in [1.29, 1.82) is 0 Å². The third-order valence-electron chi connectivity index (χ3n) is 3.69. The van der Waals surface area contributed by atoms with Crippen molar-refractivity contribution in [3.8, 4) is 0 Å². The Hall–Kier alpha value is -1.58. The second kappa shape index (κ2) is 3.71. The quantitative estimate of drug-likeness (QED) is 0.667. The summed E-state index contributed by atoms with van der Waals surface area (Å²) in [6.07, 6.45) is 8.40. The molecule has 0 radical (unpaired) electrons. The van der Waals surface area contributed by atoms with Crippen LogP contribution in [-0.2, 0) is 0 Å². The Balaban J connectivity index is 2.47. The summed E-state index contributed by atoms with van der Waals surface area (Å²) in [5.74, 6) is 0. The normalized spacial score (nSPS) is 18.9. The van der Waals surface area contributed by atoms with Crippen LogP contribution in [0.4, 0.5) is 0 Å². The number of rotatable bonds is 1. The van der Waals surface area contributed by atoms with Crippen molar-refractivity contribution in [3.63, 3.8) is 0 Å². The Morgan fingerprint density at radius 2 is 1.94 bits per heavy atom. The molecule has 3 rings (SSSR count). The molecule has 0 atom stereocenters. The lowest BCUT2D eigenvalue weighted by Gasteiger charge is -2.27. The molecule has 18 heavy (non-hydrogen) atoms. The van der Waals surface area contributed by atoms with Gasteiger partial charge in [-0.05, 0) is 33.1 Å². The first-order valence-electron chi connectivity index (χ1n) is 6.12. The zero-order valence-electron chi connectivity index (χ0n) is 10.5. The minimum Gasteiger partial charge on any atom is -0.423 e. The van der Waals surface area contributed by atoms with E-state index in [2.05, 4.69) is 38.2 Å². The van der Waals surface area contributed by atoms with Crippen LogP contribution in [0.1, 0.15) is 13.8 Å². The predicted molar refractivity (Wildman–Crippen MR) is 74.4 cm³/mol. The van der Waals surface area contributed by atoms with Crippen LogP contribution in [0, 0.1) is 5.41 Å². The Kier molecular flexibility index (Phi) is 2.37. The highest BCUT2D eigenvalue weighted by Crippen LogP contribution is 2.38. The number of hydrogen-bond acceptors (Lipinski definition) is 2. The fraction of sp³-hybridized carbons (Fsp3) is 0.200. The van der Waals surface area contributed by atoms with Gasteiger partial charge in [0.1, 0.15) is 0 Å². The molecule has 2 aliphatic carbocycles. The second-order valence-corrected chi connectivity index (χ2v) is 5.41. The first-order chi connectivity index (χ1) is 8.50. The zero-order chi connectivity index (χ0) is 12.9. The molecule has 3 heteroatoms. The highest BCUT2D eigenvalue weighted by molar-refractivity contribution is 6.58. The van der Waals surface area contributed by atoms with Crippen LogP contribution < -0.4 is 15.9 Å². The highest BCUT2D eigenvalue weighted by Gasteiger charge is 2.30. The lowest BCUT2D eigenvalue weighted by Crippen LogP contribution is -2.49. The molecule has 2 nitrogen and oxygen atoms in total. The smallest absolute Gasteiger partial charge is 0.423 e. The largest absolute Gasteiger partial charge is 0.489 e. The molecule has 0 saturated heterocycles. The van der Waals surface area contributed by atoms with Gasteiger partial charge in [0.2, 0.25) is 0 Å². The Bertz CT molecular complexity index is 694. The van der Waals surface area contributed by atoms with Crippen LogP contribution in [0.3, 0.4) is 0 Å². The third-order valence-corrected chi connectivity index (χ3v) is 3.69. The SMILES string of the molecule is CC1(C)C=CC=C2C=c3cccc(B(O)O)c3=C21. The number of allylic oxidation sites excluding steroid dienone is 4. The van der Waals surface area contributed by atoms with E-state index in [1.807, 2.05) is 12.1 Å². The fourth-order valence-corrected chi connectivity index (χ4v) is 2.90. The van der Waals surface area contributed by atoms with Gasteiger partial charge in [0.05, 0.1) is 0 Å². The monoisotopic (exact) mass is 238 g/mol. The van der Waals surface area contributed by atoms with Crippen LogP contribution in [0.5, 0.6) is 0 Å². The summed E-state index contributed by atoms with van der Waals surface area (Å²) in [5.41, 5.74) is 2.86. The van der Waals surface area contributed by atoms with Gasteiger partial charge in [0, 0.05) is 5.41 Å². The zero-order valence-corrected chi connectivity index (χ0v) is 10.5. The molecular weight excluding hydrogens is 223 g/mol. The van der Waals surface area contributed by atoms with Gasteiger partial charge in [-0.3, -0.25) is 0 Å². The van der Waals surface area contributed by atoms with Gasteiger partial charge in [-0.1, -0.05) is 50.3 Å². The van der Waals surface area contributed by atoms with Gasteiger partial charge < -0.3 is 10.0 Å². The summed E-state index contributed by atoms with van der Waals surface area (Å²) in [7, 11) is -1.43. The third kappa shape index (κ3) is 1.52. The standard InChI is InChI=1S/C15H15BO2/c1-15(2)8-4-6-11-9-10-5-3-7-12(16(17)18)13(10)14(11)15/h3-9,17-18H,1-2H3. The van der Waals surface area contributed by atoms with E-state index >= 15 is 0 Å². The summed E-state index contributed by atoms with van der Waals surface area (Å²) in [5, 5.41) is 21.1. The summed E-state index contributed by atoms with van der Waals surface area (Å²) in [6, 6.07) is 5.66. The van der Waals surface area contributed by atoms with Gasteiger partial charge in [-0.2, -0.15) is 0 Å². The van der Waals surface area contributed by atoms with Crippen molar-refractivity contribution in [2.75, 3.05) is 0 Å². The van der Waals surface area contributed by atoms with E-state index in [0.29, 0.717) is 5.46 Å². The second-order valence-electron chi connectivity index (χ2n) is 5.41. The van der Waals surface area contributed by atoms with E-state index in [1.54, 1.807) is 6.07 Å². The Labute approximate surface area is 106 Å². The number of hydrogen-bond donors (Lipinski definition) is 2. The predicted octanol–water partition coefficient (Wildman–Crippen LogP) is -0.166. The average molecular weight is 238 g/mol. The fourth-order valence-electron chi connectivity index (χ4n) is 2.90. The molecule has 0 unspecified atom stereocenters. The molecule has 0 bridgehead atoms. The summed E-state index contributed by atoms with van der Waals surface area (Å²) >= 11 is 0. The number of benzene rings is 1. The molecule has 0 spiro atoms. The van der Waals surface area contributed by atoms with Crippen molar-refractivity contribution < 1.29 is 10.0 Å². The first-order valence-corrected chi connectivity index (χ1v) is 6.12. The maximum atomic E-state index is 9.54. The minimum absolute atomic E-state index is 0.0865. The molecule has 0 saturated carbocycles. The average Bonchev–Trinajstić information content (AvgIpc) is 2.67. The van der Waals surface area contributed by atoms with Crippen LogP contribution in [0.15, 0.2) is 42.0 Å². The van der Waals surface area contributed by atoms with Gasteiger partial charge in [-0.15, -0.1) is 0 Å². The van der Waals surface area contributed by atoms with Crippen molar-refractivity contribution in [2.24, 2.45) is 5.41 Å². The first kappa shape index (κ1) is 11.5. The molecular formula is C15H15BO2. The highest BCUT2D eigenvalue weighted by atomic mass is 16.4. The molecule has 0 heterocycles. The molecule has 2 N–H and O–H groups in total. The van der Waals surface area contributed by atoms with Gasteiger partial charge in [-0.25, -0.2) is 0 Å². The topological polar surface area (TPSA) is 40.5 Å². The summed E-state index contributed by atoms with van der Waals surface area (Å²) in [6.45, 7) is 4.30. The van der Waals surface area contributed by atoms with Crippen LogP contribution in [0.25, 0.3) is 11.6 Å². The molecule has 0 aromatic heterocycles. The van der Waals surface area contributed by atoms with Gasteiger partial charge in [0.25, 0.3) is 0 Å². The van der Waals surface area contributed by atoms with Crippen molar-refractivity contribution in [1.82, 2.24) is 0 Å². The summed E-state index contributed by atoms with van der Waals surface area (Å²) in [4.78, 5) is 0. The Morgan fingerprint density at radius 3 is 2.67 bits per heavy atom. The van der Waals surface area contributed by atoms with Gasteiger partial charge >= 0.3 is 7.12 Å². The maximum absolute atomic E-state index is 9.54.